The Kier molecular flexibility index (Phi) is 3.33. The first-order valence-corrected chi connectivity index (χ1v) is 6.76. The van der Waals surface area contributed by atoms with Crippen molar-refractivity contribution >= 4 is 0 Å². The van der Waals surface area contributed by atoms with Crippen molar-refractivity contribution in [3.8, 4) is 0 Å². The summed E-state index contributed by atoms with van der Waals surface area (Å²) < 4.78 is 4.13. The van der Waals surface area contributed by atoms with E-state index in [1.54, 1.807) is 6.33 Å². The van der Waals surface area contributed by atoms with E-state index >= 15 is 0 Å². The number of aryl methyl sites for hydroxylation is 2. The molecule has 0 aliphatic carbocycles. The van der Waals surface area contributed by atoms with E-state index in [1.807, 2.05) is 31.1 Å². The highest BCUT2D eigenvalue weighted by molar-refractivity contribution is 5.00. The molecule has 1 aliphatic heterocycles. The molecule has 1 aliphatic rings. The first kappa shape index (κ1) is 12.3. The predicted octanol–water partition coefficient (Wildman–Crippen LogP) is 0.928. The third-order valence-corrected chi connectivity index (χ3v) is 3.90. The normalized spacial score (nSPS) is 20.8. The Balaban J connectivity index is 1.68. The van der Waals surface area contributed by atoms with E-state index < -0.39 is 0 Å². The van der Waals surface area contributed by atoms with Crippen LogP contribution in [0.4, 0.5) is 0 Å². The molecule has 0 aromatic carbocycles. The van der Waals surface area contributed by atoms with Crippen LogP contribution in [0.5, 0.6) is 0 Å². The minimum absolute atomic E-state index is 0.488. The fourth-order valence-corrected chi connectivity index (χ4v) is 2.82. The summed E-state index contributed by atoms with van der Waals surface area (Å²) in [5.41, 5.74) is 0. The van der Waals surface area contributed by atoms with Gasteiger partial charge in [-0.3, -0.25) is 4.90 Å². The molecule has 1 atom stereocenters. The Morgan fingerprint density at radius 1 is 1.32 bits per heavy atom. The van der Waals surface area contributed by atoms with Crippen molar-refractivity contribution in [3.05, 3.63) is 30.4 Å². The average Bonchev–Trinajstić information content (AvgIpc) is 3.00. The lowest BCUT2D eigenvalue weighted by Crippen LogP contribution is -2.35. The van der Waals surface area contributed by atoms with E-state index in [0.29, 0.717) is 5.92 Å². The molecule has 0 bridgehead atoms. The number of hydrogen-bond donors (Lipinski definition) is 0. The number of nitrogens with zero attached hydrogens (tertiary/aromatic N) is 6. The Hall–Kier alpha value is -1.69. The second kappa shape index (κ2) is 5.13. The van der Waals surface area contributed by atoms with Crippen molar-refractivity contribution in [1.82, 2.24) is 29.2 Å². The van der Waals surface area contributed by atoms with Crippen LogP contribution in [-0.2, 0) is 20.6 Å². The van der Waals surface area contributed by atoms with Crippen LogP contribution in [0, 0.1) is 0 Å². The molecule has 1 fully saturated rings. The molecule has 0 saturated carbocycles. The van der Waals surface area contributed by atoms with Crippen LogP contribution in [0.15, 0.2) is 18.7 Å². The smallest absolute Gasteiger partial charge is 0.136 e. The standard InChI is InChI=1S/C13H20N6/c1-17-7-5-14-12(17)9-19-6-3-4-11(8-19)13-16-15-10-18(13)2/h5,7,10-11H,3-4,6,8-9H2,1-2H3. The summed E-state index contributed by atoms with van der Waals surface area (Å²) in [6.45, 7) is 3.10. The maximum atomic E-state index is 4.40. The maximum Gasteiger partial charge on any atom is 0.136 e. The predicted molar refractivity (Wildman–Crippen MR) is 71.5 cm³/mol. The van der Waals surface area contributed by atoms with Crippen molar-refractivity contribution < 1.29 is 0 Å². The molecule has 0 N–H and O–H groups in total. The van der Waals surface area contributed by atoms with Gasteiger partial charge in [0.05, 0.1) is 6.54 Å². The van der Waals surface area contributed by atoms with Gasteiger partial charge in [-0.1, -0.05) is 0 Å². The molecule has 1 unspecified atom stereocenters. The summed E-state index contributed by atoms with van der Waals surface area (Å²) in [5.74, 6) is 2.71. The average molecular weight is 260 g/mol. The van der Waals surface area contributed by atoms with Gasteiger partial charge in [0.15, 0.2) is 0 Å². The molecule has 0 spiro atoms. The summed E-state index contributed by atoms with van der Waals surface area (Å²) >= 11 is 0. The highest BCUT2D eigenvalue weighted by atomic mass is 15.3. The molecular weight excluding hydrogens is 240 g/mol. The zero-order valence-corrected chi connectivity index (χ0v) is 11.5. The van der Waals surface area contributed by atoms with Gasteiger partial charge in [-0.15, -0.1) is 10.2 Å². The fraction of sp³-hybridized carbons (Fsp3) is 0.615. The monoisotopic (exact) mass is 260 g/mol. The lowest BCUT2D eigenvalue weighted by Gasteiger charge is -2.31. The van der Waals surface area contributed by atoms with Crippen LogP contribution < -0.4 is 0 Å². The molecule has 3 rings (SSSR count). The van der Waals surface area contributed by atoms with Gasteiger partial charge < -0.3 is 9.13 Å². The van der Waals surface area contributed by atoms with Crippen LogP contribution in [-0.4, -0.2) is 42.3 Å². The molecule has 102 valence electrons. The van der Waals surface area contributed by atoms with E-state index in [4.69, 9.17) is 0 Å². The van der Waals surface area contributed by atoms with Crippen molar-refractivity contribution in [2.45, 2.75) is 25.3 Å². The van der Waals surface area contributed by atoms with Gasteiger partial charge >= 0.3 is 0 Å². The summed E-state index contributed by atoms with van der Waals surface area (Å²) in [6.07, 6.45) is 8.05. The molecule has 2 aromatic heterocycles. The molecule has 6 nitrogen and oxygen atoms in total. The number of aromatic nitrogens is 5. The highest BCUT2D eigenvalue weighted by Crippen LogP contribution is 2.25. The Bertz CT molecular complexity index is 543. The number of rotatable bonds is 3. The molecule has 1 saturated heterocycles. The van der Waals surface area contributed by atoms with Crippen LogP contribution in [0.3, 0.4) is 0 Å². The zero-order valence-electron chi connectivity index (χ0n) is 11.5. The summed E-state index contributed by atoms with van der Waals surface area (Å²) in [7, 11) is 4.07. The molecule has 2 aromatic rings. The second-order valence-corrected chi connectivity index (χ2v) is 5.33. The van der Waals surface area contributed by atoms with E-state index in [2.05, 4.69) is 24.6 Å². The maximum absolute atomic E-state index is 4.40. The summed E-state index contributed by atoms with van der Waals surface area (Å²) in [4.78, 5) is 6.87. The van der Waals surface area contributed by atoms with Crippen molar-refractivity contribution in [1.29, 1.82) is 0 Å². The zero-order chi connectivity index (χ0) is 13.2. The van der Waals surface area contributed by atoms with Gasteiger partial charge in [-0.05, 0) is 19.4 Å². The SMILES string of the molecule is Cn1ccnc1CN1CCCC(c2nncn2C)C1. The molecular formula is C13H20N6. The van der Waals surface area contributed by atoms with E-state index in [1.165, 1.54) is 12.8 Å². The number of hydrogen-bond acceptors (Lipinski definition) is 4. The van der Waals surface area contributed by atoms with Crippen molar-refractivity contribution in [2.75, 3.05) is 13.1 Å². The van der Waals surface area contributed by atoms with Gasteiger partial charge in [-0.25, -0.2) is 4.98 Å². The third kappa shape index (κ3) is 2.53. The van der Waals surface area contributed by atoms with Crippen LogP contribution in [0.2, 0.25) is 0 Å². The third-order valence-electron chi connectivity index (χ3n) is 3.90. The molecule has 0 radical (unpaired) electrons. The van der Waals surface area contributed by atoms with Gasteiger partial charge in [-0.2, -0.15) is 0 Å². The first-order chi connectivity index (χ1) is 9.24. The largest absolute Gasteiger partial charge is 0.337 e. The quantitative estimate of drug-likeness (QED) is 0.824. The minimum atomic E-state index is 0.488. The highest BCUT2D eigenvalue weighted by Gasteiger charge is 2.25. The van der Waals surface area contributed by atoms with E-state index in [9.17, 15) is 0 Å². The van der Waals surface area contributed by atoms with Gasteiger partial charge in [0, 0.05) is 39.0 Å². The molecule has 19 heavy (non-hydrogen) atoms. The van der Waals surface area contributed by atoms with Crippen LogP contribution >= 0.6 is 0 Å². The molecule has 6 heteroatoms. The Labute approximate surface area is 113 Å². The van der Waals surface area contributed by atoms with E-state index in [-0.39, 0.29) is 0 Å². The van der Waals surface area contributed by atoms with Gasteiger partial charge in [0.25, 0.3) is 0 Å². The minimum Gasteiger partial charge on any atom is -0.337 e. The van der Waals surface area contributed by atoms with Crippen molar-refractivity contribution in [2.24, 2.45) is 14.1 Å². The lowest BCUT2D eigenvalue weighted by atomic mass is 9.97. The first-order valence-electron chi connectivity index (χ1n) is 6.76. The lowest BCUT2D eigenvalue weighted by molar-refractivity contribution is 0.189. The van der Waals surface area contributed by atoms with Gasteiger partial charge in [0.2, 0.25) is 0 Å². The van der Waals surface area contributed by atoms with Crippen LogP contribution in [0.1, 0.15) is 30.4 Å². The topological polar surface area (TPSA) is 51.8 Å². The molecule has 0 amide bonds. The molecule has 3 heterocycles. The van der Waals surface area contributed by atoms with Gasteiger partial charge in [0.1, 0.15) is 18.0 Å². The van der Waals surface area contributed by atoms with E-state index in [0.717, 1.165) is 31.3 Å². The van der Waals surface area contributed by atoms with Crippen LogP contribution in [0.25, 0.3) is 0 Å². The summed E-state index contributed by atoms with van der Waals surface area (Å²) in [6, 6.07) is 0. The second-order valence-electron chi connectivity index (χ2n) is 5.33. The number of imidazole rings is 1. The number of piperidine rings is 1. The fourth-order valence-electron chi connectivity index (χ4n) is 2.82. The van der Waals surface area contributed by atoms with Crippen molar-refractivity contribution in [3.63, 3.8) is 0 Å². The Morgan fingerprint density at radius 3 is 2.89 bits per heavy atom. The Morgan fingerprint density at radius 2 is 2.21 bits per heavy atom. The number of likely N-dealkylation sites (tertiary alicyclic amines) is 1. The summed E-state index contributed by atoms with van der Waals surface area (Å²) in [5, 5.41) is 8.24.